The standard InChI is InChI=1S/C12H11F3O4S/c1-20(16,17)7-3-2-6(13)8-9(7)12(11(15)10(8)14)18-4-5-19-12/h2-3,10-11H,4-5H2,1H3. The van der Waals surface area contributed by atoms with Gasteiger partial charge in [-0.15, -0.1) is 0 Å². The maximum absolute atomic E-state index is 14.2. The Hall–Kier alpha value is -1.12. The Morgan fingerprint density at radius 2 is 1.85 bits per heavy atom. The van der Waals surface area contributed by atoms with Crippen LogP contribution in [0.1, 0.15) is 17.3 Å². The molecule has 110 valence electrons. The number of alkyl halides is 2. The number of hydrogen-bond donors (Lipinski definition) is 0. The molecule has 4 nitrogen and oxygen atoms in total. The molecule has 20 heavy (non-hydrogen) atoms. The van der Waals surface area contributed by atoms with Crippen molar-refractivity contribution in [2.24, 2.45) is 0 Å². The van der Waals surface area contributed by atoms with Crippen LogP contribution in [-0.4, -0.2) is 34.1 Å². The summed E-state index contributed by atoms with van der Waals surface area (Å²) in [6.07, 6.45) is -3.76. The van der Waals surface area contributed by atoms with Crippen molar-refractivity contribution < 1.29 is 31.1 Å². The molecule has 0 radical (unpaired) electrons. The molecule has 1 aliphatic heterocycles. The van der Waals surface area contributed by atoms with E-state index in [9.17, 15) is 21.6 Å². The Bertz CT molecular complexity index is 668. The number of rotatable bonds is 1. The van der Waals surface area contributed by atoms with Crippen LogP contribution in [0, 0.1) is 5.82 Å². The summed E-state index contributed by atoms with van der Waals surface area (Å²) in [6.45, 7) is -0.0431. The van der Waals surface area contributed by atoms with E-state index in [2.05, 4.69) is 0 Å². The molecular formula is C12H11F3O4S. The van der Waals surface area contributed by atoms with Crippen molar-refractivity contribution in [1.29, 1.82) is 0 Å². The van der Waals surface area contributed by atoms with E-state index < -0.39 is 44.9 Å². The summed E-state index contributed by atoms with van der Waals surface area (Å²) in [4.78, 5) is -0.376. The van der Waals surface area contributed by atoms with Gasteiger partial charge in [0.25, 0.3) is 0 Å². The fourth-order valence-corrected chi connectivity index (χ4v) is 3.66. The summed E-state index contributed by atoms with van der Waals surface area (Å²) in [5.74, 6) is -3.19. The van der Waals surface area contributed by atoms with Gasteiger partial charge < -0.3 is 9.47 Å². The molecule has 2 unspecified atom stereocenters. The summed E-state index contributed by atoms with van der Waals surface area (Å²) in [7, 11) is -3.82. The molecular weight excluding hydrogens is 297 g/mol. The number of halogens is 3. The van der Waals surface area contributed by atoms with Crippen molar-refractivity contribution in [3.63, 3.8) is 0 Å². The van der Waals surface area contributed by atoms with Gasteiger partial charge in [-0.2, -0.15) is 0 Å². The van der Waals surface area contributed by atoms with E-state index >= 15 is 0 Å². The predicted octanol–water partition coefficient (Wildman–Crippen LogP) is 1.79. The SMILES string of the molecule is CS(=O)(=O)c1ccc(F)c2c1C1(OCCO1)C(F)C2F. The molecule has 0 saturated carbocycles. The largest absolute Gasteiger partial charge is 0.341 e. The number of hydrogen-bond acceptors (Lipinski definition) is 4. The van der Waals surface area contributed by atoms with Crippen LogP contribution in [0.15, 0.2) is 17.0 Å². The smallest absolute Gasteiger partial charge is 0.232 e. The highest BCUT2D eigenvalue weighted by Crippen LogP contribution is 2.54. The quantitative estimate of drug-likeness (QED) is 0.742. The van der Waals surface area contributed by atoms with E-state index in [1.807, 2.05) is 0 Å². The van der Waals surface area contributed by atoms with Gasteiger partial charge in [0.15, 0.2) is 22.2 Å². The molecule has 0 aromatic heterocycles. The molecule has 1 heterocycles. The first-order valence-electron chi connectivity index (χ1n) is 5.88. The first-order chi connectivity index (χ1) is 9.29. The monoisotopic (exact) mass is 308 g/mol. The third-order valence-corrected chi connectivity index (χ3v) is 4.65. The Morgan fingerprint density at radius 1 is 1.25 bits per heavy atom. The highest BCUT2D eigenvalue weighted by Gasteiger charge is 2.61. The van der Waals surface area contributed by atoms with Gasteiger partial charge in [-0.3, -0.25) is 0 Å². The highest BCUT2D eigenvalue weighted by molar-refractivity contribution is 7.90. The summed E-state index contributed by atoms with van der Waals surface area (Å²) in [5.41, 5.74) is -1.03. The number of fused-ring (bicyclic) bond motifs is 2. The lowest BCUT2D eigenvalue weighted by atomic mass is 10.1. The molecule has 0 bridgehead atoms. The normalized spacial score (nSPS) is 28.0. The molecule has 1 aromatic carbocycles. The van der Waals surface area contributed by atoms with Crippen LogP contribution < -0.4 is 0 Å². The van der Waals surface area contributed by atoms with E-state index in [-0.39, 0.29) is 18.1 Å². The van der Waals surface area contributed by atoms with Gasteiger partial charge in [-0.05, 0) is 12.1 Å². The Morgan fingerprint density at radius 3 is 2.40 bits per heavy atom. The van der Waals surface area contributed by atoms with E-state index in [4.69, 9.17) is 9.47 Å². The fourth-order valence-electron chi connectivity index (χ4n) is 2.72. The molecule has 3 rings (SSSR count). The van der Waals surface area contributed by atoms with E-state index in [0.717, 1.165) is 18.4 Å². The molecule has 1 aliphatic carbocycles. The topological polar surface area (TPSA) is 52.6 Å². The second-order valence-corrected chi connectivity index (χ2v) is 6.76. The lowest BCUT2D eigenvalue weighted by Crippen LogP contribution is -2.36. The van der Waals surface area contributed by atoms with Crippen molar-refractivity contribution in [2.45, 2.75) is 23.0 Å². The van der Waals surface area contributed by atoms with Gasteiger partial charge in [0.05, 0.1) is 18.1 Å². The van der Waals surface area contributed by atoms with Crippen molar-refractivity contribution >= 4 is 9.84 Å². The van der Waals surface area contributed by atoms with E-state index in [1.54, 1.807) is 0 Å². The minimum atomic E-state index is -3.82. The molecule has 0 N–H and O–H groups in total. The minimum Gasteiger partial charge on any atom is -0.341 e. The van der Waals surface area contributed by atoms with E-state index in [1.165, 1.54) is 0 Å². The van der Waals surface area contributed by atoms with Crippen LogP contribution in [0.2, 0.25) is 0 Å². The third kappa shape index (κ3) is 1.64. The van der Waals surface area contributed by atoms with Gasteiger partial charge in [0, 0.05) is 17.4 Å². The minimum absolute atomic E-state index is 0.0215. The summed E-state index contributed by atoms with van der Waals surface area (Å²) in [5, 5.41) is 0. The fraction of sp³-hybridized carbons (Fsp3) is 0.500. The van der Waals surface area contributed by atoms with Crippen LogP contribution in [0.25, 0.3) is 0 Å². The molecule has 1 spiro atoms. The number of sulfone groups is 1. The second kappa shape index (κ2) is 4.19. The van der Waals surface area contributed by atoms with Gasteiger partial charge in [0.2, 0.25) is 5.79 Å². The Kier molecular flexibility index (Phi) is 2.90. The first-order valence-corrected chi connectivity index (χ1v) is 7.77. The number of ether oxygens (including phenoxy) is 2. The molecule has 1 saturated heterocycles. The lowest BCUT2D eigenvalue weighted by Gasteiger charge is -2.26. The third-order valence-electron chi connectivity index (χ3n) is 3.51. The lowest BCUT2D eigenvalue weighted by molar-refractivity contribution is -0.213. The van der Waals surface area contributed by atoms with Crippen LogP contribution in [-0.2, 0) is 25.1 Å². The molecule has 2 aliphatic rings. The van der Waals surface area contributed by atoms with Gasteiger partial charge in [0.1, 0.15) is 5.82 Å². The molecule has 2 atom stereocenters. The Balaban J connectivity index is 2.38. The van der Waals surface area contributed by atoms with Crippen molar-refractivity contribution in [3.05, 3.63) is 29.1 Å². The van der Waals surface area contributed by atoms with Gasteiger partial charge >= 0.3 is 0 Å². The van der Waals surface area contributed by atoms with Crippen LogP contribution >= 0.6 is 0 Å². The summed E-state index contributed by atoms with van der Waals surface area (Å²) >= 11 is 0. The average Bonchev–Trinajstić information content (AvgIpc) is 2.92. The van der Waals surface area contributed by atoms with Crippen LogP contribution in [0.4, 0.5) is 13.2 Å². The second-order valence-electron chi connectivity index (χ2n) is 4.77. The molecule has 1 aromatic rings. The molecule has 0 amide bonds. The first kappa shape index (κ1) is 13.8. The summed E-state index contributed by atoms with van der Waals surface area (Å²) < 4.78 is 75.9. The zero-order valence-electron chi connectivity index (χ0n) is 10.4. The Labute approximate surface area is 113 Å². The maximum Gasteiger partial charge on any atom is 0.232 e. The van der Waals surface area contributed by atoms with Gasteiger partial charge in [-0.25, -0.2) is 21.6 Å². The van der Waals surface area contributed by atoms with Crippen LogP contribution in [0.3, 0.4) is 0 Å². The van der Waals surface area contributed by atoms with Crippen LogP contribution in [0.5, 0.6) is 0 Å². The maximum atomic E-state index is 14.2. The zero-order chi connectivity index (χ0) is 14.7. The highest BCUT2D eigenvalue weighted by atomic mass is 32.2. The van der Waals surface area contributed by atoms with E-state index in [0.29, 0.717) is 0 Å². The zero-order valence-corrected chi connectivity index (χ0v) is 11.2. The average molecular weight is 308 g/mol. The van der Waals surface area contributed by atoms with Crippen molar-refractivity contribution in [1.82, 2.24) is 0 Å². The van der Waals surface area contributed by atoms with Crippen molar-refractivity contribution in [2.75, 3.05) is 19.5 Å². The van der Waals surface area contributed by atoms with Crippen molar-refractivity contribution in [3.8, 4) is 0 Å². The molecule has 1 fully saturated rings. The van der Waals surface area contributed by atoms with Gasteiger partial charge in [-0.1, -0.05) is 0 Å². The molecule has 8 heteroatoms. The predicted molar refractivity (Wildman–Crippen MR) is 61.8 cm³/mol. The summed E-state index contributed by atoms with van der Waals surface area (Å²) in [6, 6.07) is 1.78. The number of benzene rings is 1.